The van der Waals surface area contributed by atoms with Crippen LogP contribution < -0.4 is 4.74 Å². The van der Waals surface area contributed by atoms with E-state index in [1.165, 1.54) is 5.56 Å². The van der Waals surface area contributed by atoms with Crippen molar-refractivity contribution in [3.05, 3.63) is 99.5 Å². The molecule has 3 aromatic carbocycles. The number of ether oxygens (including phenoxy) is 2. The van der Waals surface area contributed by atoms with Gasteiger partial charge in [-0.25, -0.2) is 0 Å². The van der Waals surface area contributed by atoms with Gasteiger partial charge in [0.15, 0.2) is 6.61 Å². The van der Waals surface area contributed by atoms with Crippen LogP contribution in [-0.4, -0.2) is 61.6 Å². The summed E-state index contributed by atoms with van der Waals surface area (Å²) in [6.45, 7) is 11.3. The molecule has 1 aliphatic heterocycles. The number of carbonyl (C=O) groups is 1. The molecule has 1 heterocycles. The van der Waals surface area contributed by atoms with Crippen molar-refractivity contribution in [3.63, 3.8) is 0 Å². The lowest BCUT2D eigenvalue weighted by molar-refractivity contribution is -0.135. The summed E-state index contributed by atoms with van der Waals surface area (Å²) >= 11 is 12.2. The van der Waals surface area contributed by atoms with Crippen molar-refractivity contribution in [3.8, 4) is 5.75 Å². The predicted octanol–water partition coefficient (Wildman–Crippen LogP) is 7.01. The summed E-state index contributed by atoms with van der Waals surface area (Å²) in [4.78, 5) is 17.0. The maximum Gasteiger partial charge on any atom is 0.260 e. The zero-order valence-electron chi connectivity index (χ0n) is 23.0. The van der Waals surface area contributed by atoms with Gasteiger partial charge in [-0.05, 0) is 64.9 Å². The van der Waals surface area contributed by atoms with E-state index in [1.807, 2.05) is 65.6 Å². The molecule has 1 aliphatic rings. The smallest absolute Gasteiger partial charge is 0.260 e. The number of halogens is 2. The van der Waals surface area contributed by atoms with Crippen molar-refractivity contribution < 1.29 is 14.3 Å². The van der Waals surface area contributed by atoms with Crippen molar-refractivity contribution in [1.29, 1.82) is 0 Å². The molecule has 0 bridgehead atoms. The average Bonchev–Trinajstić information content (AvgIpc) is 2.93. The second-order valence-electron chi connectivity index (χ2n) is 11.0. The molecule has 0 unspecified atom stereocenters. The number of nitrogens with zero attached hydrogens (tertiary/aromatic N) is 2. The first kappa shape index (κ1) is 29.4. The molecular formula is C32H38Cl2N2O3. The Hall–Kier alpha value is -2.57. The molecule has 208 valence electrons. The number of benzene rings is 3. The second-order valence-corrected chi connectivity index (χ2v) is 11.9. The molecule has 7 heteroatoms. The van der Waals surface area contributed by atoms with Gasteiger partial charge in [-0.2, -0.15) is 0 Å². The third-order valence-electron chi connectivity index (χ3n) is 7.06. The van der Waals surface area contributed by atoms with Crippen LogP contribution in [0.15, 0.2) is 72.8 Å². The highest BCUT2D eigenvalue weighted by Crippen LogP contribution is 2.28. The van der Waals surface area contributed by atoms with Gasteiger partial charge in [0, 0.05) is 49.4 Å². The van der Waals surface area contributed by atoms with E-state index < -0.39 is 0 Å². The van der Waals surface area contributed by atoms with Crippen molar-refractivity contribution >= 4 is 29.1 Å². The number of amides is 1. The van der Waals surface area contributed by atoms with Crippen LogP contribution in [0, 0.1) is 0 Å². The van der Waals surface area contributed by atoms with Gasteiger partial charge in [0.05, 0.1) is 0 Å². The third-order valence-corrected chi connectivity index (χ3v) is 7.56. The largest absolute Gasteiger partial charge is 0.484 e. The van der Waals surface area contributed by atoms with Gasteiger partial charge in [0.25, 0.3) is 5.91 Å². The summed E-state index contributed by atoms with van der Waals surface area (Å²) in [5.74, 6) is 0.761. The molecule has 0 spiro atoms. The predicted molar refractivity (Wildman–Crippen MR) is 159 cm³/mol. The van der Waals surface area contributed by atoms with E-state index in [2.05, 4.69) is 37.8 Å². The second kappa shape index (κ2) is 13.7. The summed E-state index contributed by atoms with van der Waals surface area (Å²) < 4.78 is 12.1. The van der Waals surface area contributed by atoms with E-state index >= 15 is 0 Å². The van der Waals surface area contributed by atoms with Gasteiger partial charge in [-0.15, -0.1) is 0 Å². The molecule has 0 N–H and O–H groups in total. The fraction of sp³-hybridized carbons (Fsp3) is 0.406. The molecule has 0 radical (unpaired) electrons. The molecule has 1 amide bonds. The maximum atomic E-state index is 12.7. The third kappa shape index (κ3) is 8.71. The Morgan fingerprint density at radius 2 is 1.36 bits per heavy atom. The van der Waals surface area contributed by atoms with E-state index in [1.54, 1.807) is 0 Å². The molecule has 0 aromatic heterocycles. The quantitative estimate of drug-likeness (QED) is 0.247. The lowest BCUT2D eigenvalue weighted by atomic mass is 9.87. The van der Waals surface area contributed by atoms with E-state index in [9.17, 15) is 4.79 Å². The Balaban J connectivity index is 1.19. The van der Waals surface area contributed by atoms with Crippen LogP contribution in [0.5, 0.6) is 5.75 Å². The highest BCUT2D eigenvalue weighted by Gasteiger charge is 2.22. The first-order chi connectivity index (χ1) is 18.7. The molecule has 39 heavy (non-hydrogen) atoms. The molecular weight excluding hydrogens is 531 g/mol. The molecule has 4 rings (SSSR count). The summed E-state index contributed by atoms with van der Waals surface area (Å²) in [5, 5.41) is 1.40. The van der Waals surface area contributed by atoms with Crippen LogP contribution in [0.2, 0.25) is 10.0 Å². The number of piperazine rings is 1. The van der Waals surface area contributed by atoms with Crippen LogP contribution in [0.25, 0.3) is 0 Å². The number of rotatable bonds is 10. The Bertz CT molecular complexity index is 1140. The Kier molecular flexibility index (Phi) is 10.3. The Morgan fingerprint density at radius 3 is 1.87 bits per heavy atom. The fourth-order valence-electron chi connectivity index (χ4n) is 4.66. The lowest BCUT2D eigenvalue weighted by Gasteiger charge is -2.34. The van der Waals surface area contributed by atoms with E-state index in [4.69, 9.17) is 32.7 Å². The van der Waals surface area contributed by atoms with Gasteiger partial charge < -0.3 is 14.4 Å². The highest BCUT2D eigenvalue weighted by atomic mass is 35.5. The molecule has 0 atom stereocenters. The fourth-order valence-corrected chi connectivity index (χ4v) is 4.91. The van der Waals surface area contributed by atoms with E-state index in [-0.39, 0.29) is 24.0 Å². The molecule has 1 fully saturated rings. The van der Waals surface area contributed by atoms with Crippen LogP contribution in [0.3, 0.4) is 0 Å². The summed E-state index contributed by atoms with van der Waals surface area (Å²) in [5.41, 5.74) is 3.45. The van der Waals surface area contributed by atoms with Gasteiger partial charge in [0.2, 0.25) is 0 Å². The zero-order valence-corrected chi connectivity index (χ0v) is 24.5. The minimum absolute atomic E-state index is 0.0339. The molecule has 1 saturated heterocycles. The van der Waals surface area contributed by atoms with Crippen molar-refractivity contribution in [2.75, 3.05) is 45.9 Å². The van der Waals surface area contributed by atoms with Gasteiger partial charge in [0.1, 0.15) is 11.9 Å². The summed E-state index contributed by atoms with van der Waals surface area (Å²) in [7, 11) is 0. The summed E-state index contributed by atoms with van der Waals surface area (Å²) in [6.07, 6.45) is 0.720. The molecule has 5 nitrogen and oxygen atoms in total. The average molecular weight is 570 g/mol. The first-order valence-electron chi connectivity index (χ1n) is 13.5. The maximum absolute atomic E-state index is 12.7. The normalized spacial score (nSPS) is 14.6. The van der Waals surface area contributed by atoms with Crippen molar-refractivity contribution in [2.24, 2.45) is 0 Å². The monoisotopic (exact) mass is 568 g/mol. The van der Waals surface area contributed by atoms with Crippen molar-refractivity contribution in [1.82, 2.24) is 9.80 Å². The van der Waals surface area contributed by atoms with E-state index in [0.717, 1.165) is 42.9 Å². The topological polar surface area (TPSA) is 42.0 Å². The minimum Gasteiger partial charge on any atom is -0.484 e. The van der Waals surface area contributed by atoms with Gasteiger partial charge in [-0.1, -0.05) is 80.4 Å². The molecule has 0 saturated carbocycles. The molecule has 0 aliphatic carbocycles. The molecule has 3 aromatic rings. The number of carbonyl (C=O) groups excluding carboxylic acids is 1. The van der Waals surface area contributed by atoms with Crippen LogP contribution >= 0.6 is 23.2 Å². The van der Waals surface area contributed by atoms with Gasteiger partial charge in [-0.3, -0.25) is 9.69 Å². The minimum atomic E-state index is -0.182. The standard InChI is InChI=1S/C32H38Cl2N2O3/c1-32(2,3)26-9-15-29(16-10-26)39-23-30(37)36-20-18-35(19-21-36)17-4-22-38-31(24-5-11-27(33)12-6-24)25-7-13-28(34)14-8-25/h5-16,31H,4,17-23H2,1-3H3. The Labute approximate surface area is 242 Å². The highest BCUT2D eigenvalue weighted by molar-refractivity contribution is 6.30. The van der Waals surface area contributed by atoms with E-state index in [0.29, 0.717) is 29.7 Å². The van der Waals surface area contributed by atoms with Crippen LogP contribution in [0.1, 0.15) is 50.0 Å². The number of hydrogen-bond acceptors (Lipinski definition) is 4. The SMILES string of the molecule is CC(C)(C)c1ccc(OCC(=O)N2CCN(CCCOC(c3ccc(Cl)cc3)c3ccc(Cl)cc3)CC2)cc1. The number of hydrogen-bond donors (Lipinski definition) is 0. The zero-order chi connectivity index (χ0) is 27.8. The Morgan fingerprint density at radius 1 is 0.821 bits per heavy atom. The lowest BCUT2D eigenvalue weighted by Crippen LogP contribution is -2.50. The van der Waals surface area contributed by atoms with Crippen LogP contribution in [-0.2, 0) is 14.9 Å². The summed E-state index contributed by atoms with van der Waals surface area (Å²) in [6, 6.07) is 23.6. The van der Waals surface area contributed by atoms with Crippen LogP contribution in [0.4, 0.5) is 0 Å². The first-order valence-corrected chi connectivity index (χ1v) is 14.3. The van der Waals surface area contributed by atoms with Gasteiger partial charge >= 0.3 is 0 Å². The van der Waals surface area contributed by atoms with Crippen molar-refractivity contribution in [2.45, 2.75) is 38.7 Å².